The highest BCUT2D eigenvalue weighted by Gasteiger charge is 2.17. The summed E-state index contributed by atoms with van der Waals surface area (Å²) in [6.07, 6.45) is 2.62. The number of nitrogens with one attached hydrogen (secondary N) is 1. The van der Waals surface area contributed by atoms with Crippen LogP contribution < -0.4 is 5.32 Å². The molecule has 0 aliphatic carbocycles. The van der Waals surface area contributed by atoms with Crippen LogP contribution in [0.1, 0.15) is 23.8 Å². The van der Waals surface area contributed by atoms with Gasteiger partial charge in [-0.1, -0.05) is 54.6 Å². The minimum Gasteiger partial charge on any atom is -0.467 e. The summed E-state index contributed by atoms with van der Waals surface area (Å²) in [5, 5.41) is 12.4. The summed E-state index contributed by atoms with van der Waals surface area (Å²) in [6, 6.07) is 19.8. The minimum absolute atomic E-state index is 0.0843. The van der Waals surface area contributed by atoms with Crippen molar-refractivity contribution >= 4 is 23.4 Å². The van der Waals surface area contributed by atoms with Gasteiger partial charge >= 0.3 is 0 Å². The quantitative estimate of drug-likeness (QED) is 0.388. The maximum absolute atomic E-state index is 12.5. The van der Waals surface area contributed by atoms with Gasteiger partial charge in [0.15, 0.2) is 11.0 Å². The highest BCUT2D eigenvalue weighted by Crippen LogP contribution is 2.26. The fourth-order valence-electron chi connectivity index (χ4n) is 3.25. The average molecular weight is 433 g/mol. The van der Waals surface area contributed by atoms with E-state index in [1.807, 2.05) is 66.1 Å². The van der Waals surface area contributed by atoms with Crippen LogP contribution in [-0.4, -0.2) is 26.4 Å². The number of rotatable bonds is 8. The predicted molar refractivity (Wildman–Crippen MR) is 123 cm³/mol. The number of carbonyl (C=O) groups is 1. The van der Waals surface area contributed by atoms with E-state index < -0.39 is 0 Å². The van der Waals surface area contributed by atoms with Gasteiger partial charge in [0.2, 0.25) is 5.91 Å². The molecule has 0 aliphatic heterocycles. The van der Waals surface area contributed by atoms with Gasteiger partial charge in [0.1, 0.15) is 5.76 Å². The van der Waals surface area contributed by atoms with Crippen molar-refractivity contribution in [1.29, 1.82) is 0 Å². The second-order valence-electron chi connectivity index (χ2n) is 7.23. The summed E-state index contributed by atoms with van der Waals surface area (Å²) in [5.74, 6) is 1.70. The number of anilines is 1. The van der Waals surface area contributed by atoms with Crippen LogP contribution >= 0.6 is 11.8 Å². The summed E-state index contributed by atoms with van der Waals surface area (Å²) in [7, 11) is 0. The molecule has 2 aromatic heterocycles. The molecule has 1 N–H and O–H groups in total. The summed E-state index contributed by atoms with van der Waals surface area (Å²) in [4.78, 5) is 12.5. The lowest BCUT2D eigenvalue weighted by Gasteiger charge is -2.10. The van der Waals surface area contributed by atoms with Crippen molar-refractivity contribution in [2.24, 2.45) is 0 Å². The molecule has 31 heavy (non-hydrogen) atoms. The molecule has 0 aliphatic rings. The van der Waals surface area contributed by atoms with Crippen molar-refractivity contribution in [3.63, 3.8) is 0 Å². The van der Waals surface area contributed by atoms with Gasteiger partial charge in [-0.2, -0.15) is 0 Å². The first kappa shape index (κ1) is 20.9. The Labute approximate surface area is 185 Å². The van der Waals surface area contributed by atoms with Crippen molar-refractivity contribution in [2.75, 3.05) is 11.1 Å². The maximum atomic E-state index is 12.5. The third-order valence-corrected chi connectivity index (χ3v) is 5.83. The molecule has 0 spiro atoms. The molecule has 2 aromatic carbocycles. The molecule has 1 amide bonds. The Hall–Kier alpha value is -3.32. The molecule has 2 heterocycles. The highest BCUT2D eigenvalue weighted by molar-refractivity contribution is 7.99. The first-order chi connectivity index (χ1) is 15.1. The Kier molecular flexibility index (Phi) is 6.52. The Morgan fingerprint density at radius 1 is 1.10 bits per heavy atom. The molecule has 0 saturated carbocycles. The topological polar surface area (TPSA) is 73.0 Å². The Morgan fingerprint density at radius 2 is 1.94 bits per heavy atom. The van der Waals surface area contributed by atoms with Crippen LogP contribution in [0.15, 0.2) is 76.5 Å². The van der Waals surface area contributed by atoms with E-state index in [0.717, 1.165) is 34.8 Å². The molecule has 0 radical (unpaired) electrons. The molecule has 0 unspecified atom stereocenters. The first-order valence-corrected chi connectivity index (χ1v) is 11.1. The van der Waals surface area contributed by atoms with Gasteiger partial charge in [0, 0.05) is 11.3 Å². The van der Waals surface area contributed by atoms with E-state index in [-0.39, 0.29) is 11.7 Å². The lowest BCUT2D eigenvalue weighted by molar-refractivity contribution is -0.113. The van der Waals surface area contributed by atoms with E-state index >= 15 is 0 Å². The molecule has 6 nitrogen and oxygen atoms in total. The van der Waals surface area contributed by atoms with Crippen LogP contribution in [0.3, 0.4) is 0 Å². The summed E-state index contributed by atoms with van der Waals surface area (Å²) < 4.78 is 7.52. The van der Waals surface area contributed by atoms with Crippen molar-refractivity contribution < 1.29 is 9.21 Å². The van der Waals surface area contributed by atoms with Crippen LogP contribution in [0.4, 0.5) is 5.69 Å². The third kappa shape index (κ3) is 5.24. The van der Waals surface area contributed by atoms with E-state index in [9.17, 15) is 4.79 Å². The van der Waals surface area contributed by atoms with Gasteiger partial charge in [-0.25, -0.2) is 0 Å². The van der Waals surface area contributed by atoms with Crippen molar-refractivity contribution in [1.82, 2.24) is 14.8 Å². The number of nitrogens with zero attached hydrogens (tertiary/aromatic N) is 3. The smallest absolute Gasteiger partial charge is 0.234 e. The predicted octanol–water partition coefficient (Wildman–Crippen LogP) is 5.19. The fraction of sp³-hybridized carbons (Fsp3) is 0.208. The van der Waals surface area contributed by atoms with E-state index in [4.69, 9.17) is 4.42 Å². The molecule has 0 fully saturated rings. The number of amides is 1. The highest BCUT2D eigenvalue weighted by atomic mass is 32.2. The number of aromatic nitrogens is 3. The largest absolute Gasteiger partial charge is 0.467 e. The fourth-order valence-corrected chi connectivity index (χ4v) is 3.98. The first-order valence-electron chi connectivity index (χ1n) is 10.2. The van der Waals surface area contributed by atoms with Gasteiger partial charge < -0.3 is 9.73 Å². The van der Waals surface area contributed by atoms with E-state index in [1.54, 1.807) is 6.26 Å². The zero-order valence-corrected chi connectivity index (χ0v) is 18.4. The standard InChI is InChI=1S/C24H24N4O2S/c1-3-18-9-11-20(12-10-18)25-22(29)16-31-24-27-26-23(19-7-4-6-17(2)14-19)28(24)15-21-8-5-13-30-21/h4-14H,3,15-16H2,1-2H3,(H,25,29). The van der Waals surface area contributed by atoms with Crippen molar-refractivity contribution in [3.05, 3.63) is 83.8 Å². The molecular weight excluding hydrogens is 408 g/mol. The van der Waals surface area contributed by atoms with E-state index in [1.165, 1.54) is 17.3 Å². The number of benzene rings is 2. The molecule has 0 atom stereocenters. The monoisotopic (exact) mass is 432 g/mol. The zero-order valence-electron chi connectivity index (χ0n) is 17.5. The van der Waals surface area contributed by atoms with Crippen molar-refractivity contribution in [3.8, 4) is 11.4 Å². The summed E-state index contributed by atoms with van der Waals surface area (Å²) in [5.41, 5.74) is 4.15. The molecule has 4 rings (SSSR count). The van der Waals surface area contributed by atoms with Gasteiger partial charge in [0.05, 0.1) is 18.6 Å². The number of carbonyl (C=O) groups excluding carboxylic acids is 1. The van der Waals surface area contributed by atoms with Gasteiger partial charge in [-0.05, 0) is 49.2 Å². The van der Waals surface area contributed by atoms with Crippen LogP contribution in [0.2, 0.25) is 0 Å². The minimum atomic E-state index is -0.0843. The van der Waals surface area contributed by atoms with Crippen LogP contribution in [0, 0.1) is 6.92 Å². The average Bonchev–Trinajstić information content (AvgIpc) is 3.43. The van der Waals surface area contributed by atoms with Crippen LogP contribution in [0.5, 0.6) is 0 Å². The maximum Gasteiger partial charge on any atom is 0.234 e. The normalized spacial score (nSPS) is 10.9. The summed E-state index contributed by atoms with van der Waals surface area (Å²) >= 11 is 1.36. The van der Waals surface area contributed by atoms with Gasteiger partial charge in [-0.3, -0.25) is 9.36 Å². The second kappa shape index (κ2) is 9.66. The van der Waals surface area contributed by atoms with Crippen LogP contribution in [0.25, 0.3) is 11.4 Å². The Balaban J connectivity index is 1.51. The molecule has 4 aromatic rings. The SMILES string of the molecule is CCc1ccc(NC(=O)CSc2nnc(-c3cccc(C)c3)n2Cc2ccco2)cc1. The number of hydrogen-bond acceptors (Lipinski definition) is 5. The van der Waals surface area contributed by atoms with Crippen LogP contribution in [-0.2, 0) is 17.8 Å². The molecular formula is C24H24N4O2S. The number of thioether (sulfide) groups is 1. The lowest BCUT2D eigenvalue weighted by Crippen LogP contribution is -2.14. The number of hydrogen-bond donors (Lipinski definition) is 1. The zero-order chi connectivity index (χ0) is 21.6. The lowest BCUT2D eigenvalue weighted by atomic mass is 10.1. The number of aryl methyl sites for hydroxylation is 2. The van der Waals surface area contributed by atoms with Gasteiger partial charge in [-0.15, -0.1) is 10.2 Å². The Morgan fingerprint density at radius 3 is 2.65 bits per heavy atom. The van der Waals surface area contributed by atoms with E-state index in [2.05, 4.69) is 28.5 Å². The van der Waals surface area contributed by atoms with Crippen molar-refractivity contribution in [2.45, 2.75) is 32.0 Å². The van der Waals surface area contributed by atoms with Gasteiger partial charge in [0.25, 0.3) is 0 Å². The third-order valence-electron chi connectivity index (χ3n) is 4.87. The second-order valence-corrected chi connectivity index (χ2v) is 8.17. The molecule has 0 bridgehead atoms. The molecule has 0 saturated heterocycles. The Bertz CT molecular complexity index is 1150. The molecule has 7 heteroatoms. The molecule has 158 valence electrons. The van der Waals surface area contributed by atoms with E-state index in [0.29, 0.717) is 11.7 Å². The number of furan rings is 1. The summed E-state index contributed by atoms with van der Waals surface area (Å²) in [6.45, 7) is 4.64.